The van der Waals surface area contributed by atoms with Crippen LogP contribution in [-0.2, 0) is 0 Å². The summed E-state index contributed by atoms with van der Waals surface area (Å²) in [6.07, 6.45) is 0.361. The number of fused-ring (bicyclic) bond motifs is 1. The Hall–Kier alpha value is -1.55. The molecule has 0 bridgehead atoms. The fourth-order valence-corrected chi connectivity index (χ4v) is 1.35. The second kappa shape index (κ2) is 3.67. The highest BCUT2D eigenvalue weighted by Crippen LogP contribution is 2.32. The van der Waals surface area contributed by atoms with Crippen molar-refractivity contribution >= 4 is 5.78 Å². The average molecular weight is 193 g/mol. The van der Waals surface area contributed by atoms with E-state index in [2.05, 4.69) is 0 Å². The lowest BCUT2D eigenvalue weighted by Crippen LogP contribution is -2.07. The average Bonchev–Trinajstić information content (AvgIpc) is 2.64. The fraction of sp³-hybridized carbons (Fsp3) is 0.300. The third kappa shape index (κ3) is 1.56. The van der Waals surface area contributed by atoms with Crippen LogP contribution in [0, 0.1) is 0 Å². The summed E-state index contributed by atoms with van der Waals surface area (Å²) in [7, 11) is 0. The Kier molecular flexibility index (Phi) is 2.37. The zero-order valence-electron chi connectivity index (χ0n) is 7.66. The lowest BCUT2D eigenvalue weighted by molar-refractivity contribution is 0.0985. The standard InChI is InChI=1S/C10H11NO3/c11-4-3-8(12)7-1-2-9-10(5-7)14-6-13-9/h1-2,5H,3-4,6,11H2. The predicted octanol–water partition coefficient (Wildman–Crippen LogP) is 0.947. The monoisotopic (exact) mass is 193 g/mol. The van der Waals surface area contributed by atoms with Gasteiger partial charge in [-0.05, 0) is 24.7 Å². The van der Waals surface area contributed by atoms with Crippen LogP contribution in [-0.4, -0.2) is 19.1 Å². The quantitative estimate of drug-likeness (QED) is 0.726. The first-order valence-electron chi connectivity index (χ1n) is 4.44. The Morgan fingerprint density at radius 3 is 2.93 bits per heavy atom. The van der Waals surface area contributed by atoms with Crippen LogP contribution in [0.3, 0.4) is 0 Å². The first-order valence-corrected chi connectivity index (χ1v) is 4.44. The van der Waals surface area contributed by atoms with Crippen molar-refractivity contribution in [3.8, 4) is 11.5 Å². The van der Waals surface area contributed by atoms with Gasteiger partial charge in [0.2, 0.25) is 6.79 Å². The van der Waals surface area contributed by atoms with Crippen molar-refractivity contribution in [2.24, 2.45) is 5.73 Å². The zero-order valence-corrected chi connectivity index (χ0v) is 7.66. The van der Waals surface area contributed by atoms with Gasteiger partial charge in [0.25, 0.3) is 0 Å². The highest BCUT2D eigenvalue weighted by atomic mass is 16.7. The van der Waals surface area contributed by atoms with Gasteiger partial charge in [-0.3, -0.25) is 4.79 Å². The van der Waals surface area contributed by atoms with Crippen molar-refractivity contribution in [2.75, 3.05) is 13.3 Å². The molecule has 0 unspecified atom stereocenters. The summed E-state index contributed by atoms with van der Waals surface area (Å²) < 4.78 is 10.3. The number of Topliss-reactive ketones (excluding diaryl/α,β-unsaturated/α-hetero) is 1. The maximum absolute atomic E-state index is 11.5. The van der Waals surface area contributed by atoms with Crippen LogP contribution < -0.4 is 15.2 Å². The summed E-state index contributed by atoms with van der Waals surface area (Å²) in [5, 5.41) is 0. The molecule has 0 spiro atoms. The van der Waals surface area contributed by atoms with Crippen molar-refractivity contribution < 1.29 is 14.3 Å². The minimum Gasteiger partial charge on any atom is -0.454 e. The summed E-state index contributed by atoms with van der Waals surface area (Å²) >= 11 is 0. The molecular weight excluding hydrogens is 182 g/mol. The van der Waals surface area contributed by atoms with E-state index < -0.39 is 0 Å². The van der Waals surface area contributed by atoms with Gasteiger partial charge in [-0.1, -0.05) is 0 Å². The number of nitrogens with two attached hydrogens (primary N) is 1. The number of ether oxygens (including phenoxy) is 2. The van der Waals surface area contributed by atoms with Crippen LogP contribution in [0.25, 0.3) is 0 Å². The third-order valence-corrected chi connectivity index (χ3v) is 2.07. The molecule has 0 radical (unpaired) electrons. The number of carbonyl (C=O) groups is 1. The molecule has 0 saturated heterocycles. The van der Waals surface area contributed by atoms with Crippen molar-refractivity contribution in [1.29, 1.82) is 0 Å². The summed E-state index contributed by atoms with van der Waals surface area (Å²) in [5.41, 5.74) is 5.93. The second-order valence-electron chi connectivity index (χ2n) is 3.03. The van der Waals surface area contributed by atoms with Gasteiger partial charge in [0.15, 0.2) is 17.3 Å². The number of hydrogen-bond donors (Lipinski definition) is 1. The van der Waals surface area contributed by atoms with Gasteiger partial charge >= 0.3 is 0 Å². The van der Waals surface area contributed by atoms with Gasteiger partial charge in [-0.15, -0.1) is 0 Å². The summed E-state index contributed by atoms with van der Waals surface area (Å²) in [6.45, 7) is 0.594. The minimum atomic E-state index is 0.0331. The van der Waals surface area contributed by atoms with Crippen LogP contribution >= 0.6 is 0 Å². The van der Waals surface area contributed by atoms with Crippen LogP contribution in [0.4, 0.5) is 0 Å². The molecule has 0 amide bonds. The normalized spacial score (nSPS) is 12.9. The van der Waals surface area contributed by atoms with Gasteiger partial charge in [0.1, 0.15) is 0 Å². The predicted molar refractivity (Wildman–Crippen MR) is 50.6 cm³/mol. The molecule has 1 aromatic rings. The van der Waals surface area contributed by atoms with E-state index >= 15 is 0 Å². The van der Waals surface area contributed by atoms with E-state index in [0.29, 0.717) is 30.0 Å². The molecule has 0 aromatic heterocycles. The summed E-state index contributed by atoms with van der Waals surface area (Å²) in [4.78, 5) is 11.5. The Labute approximate surface area is 81.6 Å². The molecule has 4 nitrogen and oxygen atoms in total. The molecular formula is C10H11NO3. The van der Waals surface area contributed by atoms with Crippen LogP contribution in [0.5, 0.6) is 11.5 Å². The molecule has 0 fully saturated rings. The number of hydrogen-bond acceptors (Lipinski definition) is 4. The van der Waals surface area contributed by atoms with E-state index in [4.69, 9.17) is 15.2 Å². The Morgan fingerprint density at radius 2 is 2.14 bits per heavy atom. The first kappa shape index (κ1) is 9.02. The van der Waals surface area contributed by atoms with Crippen molar-refractivity contribution in [3.05, 3.63) is 23.8 Å². The molecule has 1 heterocycles. The number of ketones is 1. The number of benzene rings is 1. The maximum atomic E-state index is 11.5. The van der Waals surface area contributed by atoms with E-state index in [-0.39, 0.29) is 12.6 Å². The van der Waals surface area contributed by atoms with Gasteiger partial charge in [0.05, 0.1) is 0 Å². The maximum Gasteiger partial charge on any atom is 0.231 e. The van der Waals surface area contributed by atoms with Crippen molar-refractivity contribution in [3.63, 3.8) is 0 Å². The van der Waals surface area contributed by atoms with Crippen LogP contribution in [0.15, 0.2) is 18.2 Å². The van der Waals surface area contributed by atoms with E-state index in [9.17, 15) is 4.79 Å². The number of rotatable bonds is 3. The highest BCUT2D eigenvalue weighted by molar-refractivity contribution is 5.96. The summed E-state index contributed by atoms with van der Waals surface area (Å²) in [5.74, 6) is 1.35. The number of carbonyl (C=O) groups excluding carboxylic acids is 1. The van der Waals surface area contributed by atoms with Crippen molar-refractivity contribution in [2.45, 2.75) is 6.42 Å². The Balaban J connectivity index is 2.24. The van der Waals surface area contributed by atoms with Gasteiger partial charge < -0.3 is 15.2 Å². The molecule has 0 atom stereocenters. The molecule has 4 heteroatoms. The van der Waals surface area contributed by atoms with Crippen LogP contribution in [0.2, 0.25) is 0 Å². The van der Waals surface area contributed by atoms with E-state index in [1.807, 2.05) is 0 Å². The smallest absolute Gasteiger partial charge is 0.231 e. The lowest BCUT2D eigenvalue weighted by Gasteiger charge is -2.00. The van der Waals surface area contributed by atoms with Gasteiger partial charge in [-0.2, -0.15) is 0 Å². The van der Waals surface area contributed by atoms with Gasteiger partial charge in [-0.25, -0.2) is 0 Å². The highest BCUT2D eigenvalue weighted by Gasteiger charge is 2.15. The topological polar surface area (TPSA) is 61.6 Å². The lowest BCUT2D eigenvalue weighted by atomic mass is 10.1. The second-order valence-corrected chi connectivity index (χ2v) is 3.03. The molecule has 1 aromatic carbocycles. The Bertz CT molecular complexity index is 362. The first-order chi connectivity index (χ1) is 6.81. The third-order valence-electron chi connectivity index (χ3n) is 2.07. The van der Waals surface area contributed by atoms with Gasteiger partial charge in [0, 0.05) is 12.0 Å². The molecule has 0 saturated carbocycles. The summed E-state index contributed by atoms with van der Waals surface area (Å²) in [6, 6.07) is 5.16. The van der Waals surface area contributed by atoms with Crippen LogP contribution in [0.1, 0.15) is 16.8 Å². The van der Waals surface area contributed by atoms with Crippen molar-refractivity contribution in [1.82, 2.24) is 0 Å². The van der Waals surface area contributed by atoms with E-state index in [1.165, 1.54) is 0 Å². The molecule has 2 rings (SSSR count). The molecule has 14 heavy (non-hydrogen) atoms. The molecule has 1 aliphatic heterocycles. The van der Waals surface area contributed by atoms with E-state index in [0.717, 1.165) is 0 Å². The van der Waals surface area contributed by atoms with E-state index in [1.54, 1.807) is 18.2 Å². The molecule has 0 aliphatic carbocycles. The zero-order chi connectivity index (χ0) is 9.97. The Morgan fingerprint density at radius 1 is 1.36 bits per heavy atom. The molecule has 74 valence electrons. The molecule has 1 aliphatic rings. The SMILES string of the molecule is NCCC(=O)c1ccc2c(c1)OCO2. The molecule has 2 N–H and O–H groups in total. The fourth-order valence-electron chi connectivity index (χ4n) is 1.35. The minimum absolute atomic E-state index is 0.0331. The largest absolute Gasteiger partial charge is 0.454 e.